The molecule has 1 N–H and O–H groups in total. The molecule has 1 amide bonds. The average molecular weight is 390 g/mol. The van der Waals surface area contributed by atoms with E-state index in [1.54, 1.807) is 37.3 Å². The Kier molecular flexibility index (Phi) is 6.22. The smallest absolute Gasteiger partial charge is 0.339 e. The van der Waals surface area contributed by atoms with Crippen LogP contribution in [0.1, 0.15) is 21.5 Å². The molecule has 0 heterocycles. The second-order valence-electron chi connectivity index (χ2n) is 6.14. The van der Waals surface area contributed by atoms with Gasteiger partial charge in [-0.15, -0.1) is 0 Å². The Balaban J connectivity index is 2.30. The third kappa shape index (κ3) is 5.07. The van der Waals surface area contributed by atoms with Crippen LogP contribution in [0, 0.1) is 13.8 Å². The fraction of sp³-hybridized carbons (Fsp3) is 0.263. The molecule has 7 nitrogen and oxygen atoms in total. The summed E-state index contributed by atoms with van der Waals surface area (Å²) in [5, 5.41) is 2.58. The molecule has 144 valence electrons. The van der Waals surface area contributed by atoms with Gasteiger partial charge >= 0.3 is 5.97 Å². The Bertz CT molecular complexity index is 970. The standard InChI is InChI=1S/C19H22N2O5S/c1-13-9-10-17(14(2)11-13)21(27(4,24)25)12-18(22)20-16-8-6-5-7-15(16)19(23)26-3/h5-11H,12H2,1-4H3,(H,20,22). The van der Waals surface area contributed by atoms with Crippen LogP contribution < -0.4 is 9.62 Å². The Morgan fingerprint density at radius 2 is 1.78 bits per heavy atom. The number of esters is 1. The third-order valence-electron chi connectivity index (χ3n) is 3.91. The highest BCUT2D eigenvalue weighted by atomic mass is 32.2. The van der Waals surface area contributed by atoms with Crippen molar-refractivity contribution < 1.29 is 22.7 Å². The summed E-state index contributed by atoms with van der Waals surface area (Å²) in [6, 6.07) is 11.6. The summed E-state index contributed by atoms with van der Waals surface area (Å²) in [4.78, 5) is 24.3. The fourth-order valence-electron chi connectivity index (χ4n) is 2.67. The minimum Gasteiger partial charge on any atom is -0.465 e. The summed E-state index contributed by atoms with van der Waals surface area (Å²) in [7, 11) is -2.45. The zero-order valence-electron chi connectivity index (χ0n) is 15.6. The molecule has 0 aliphatic heterocycles. The largest absolute Gasteiger partial charge is 0.465 e. The first kappa shape index (κ1) is 20.4. The summed E-state index contributed by atoms with van der Waals surface area (Å²) in [5.74, 6) is -1.17. The molecule has 0 atom stereocenters. The average Bonchev–Trinajstić information content (AvgIpc) is 2.59. The molecule has 0 aromatic heterocycles. The van der Waals surface area contributed by atoms with Crippen molar-refractivity contribution in [1.82, 2.24) is 0 Å². The summed E-state index contributed by atoms with van der Waals surface area (Å²) >= 11 is 0. The number of carbonyl (C=O) groups is 2. The number of aryl methyl sites for hydroxylation is 2. The first-order valence-electron chi connectivity index (χ1n) is 8.15. The van der Waals surface area contributed by atoms with E-state index in [0.717, 1.165) is 21.7 Å². The van der Waals surface area contributed by atoms with E-state index in [1.807, 2.05) is 13.0 Å². The van der Waals surface area contributed by atoms with Gasteiger partial charge in [0.1, 0.15) is 6.54 Å². The number of carbonyl (C=O) groups excluding carboxylic acids is 2. The Hall–Kier alpha value is -2.87. The van der Waals surface area contributed by atoms with Gasteiger partial charge in [-0.1, -0.05) is 29.8 Å². The van der Waals surface area contributed by atoms with E-state index in [1.165, 1.54) is 13.2 Å². The van der Waals surface area contributed by atoms with Gasteiger partial charge in [-0.25, -0.2) is 13.2 Å². The van der Waals surface area contributed by atoms with Crippen molar-refractivity contribution in [3.8, 4) is 0 Å². The molecule has 0 saturated heterocycles. The van der Waals surface area contributed by atoms with Gasteiger partial charge in [-0.3, -0.25) is 9.10 Å². The first-order chi connectivity index (χ1) is 12.6. The van der Waals surface area contributed by atoms with Gasteiger partial charge in [-0.05, 0) is 37.6 Å². The quantitative estimate of drug-likeness (QED) is 0.765. The Morgan fingerprint density at radius 3 is 2.37 bits per heavy atom. The van der Waals surface area contributed by atoms with Crippen molar-refractivity contribution in [1.29, 1.82) is 0 Å². The maximum atomic E-state index is 12.5. The Morgan fingerprint density at radius 1 is 1.11 bits per heavy atom. The van der Waals surface area contributed by atoms with Crippen LogP contribution in [0.25, 0.3) is 0 Å². The van der Waals surface area contributed by atoms with Gasteiger partial charge in [0, 0.05) is 0 Å². The van der Waals surface area contributed by atoms with E-state index in [0.29, 0.717) is 5.69 Å². The zero-order chi connectivity index (χ0) is 20.2. The maximum absolute atomic E-state index is 12.5. The number of ether oxygens (including phenoxy) is 1. The number of anilines is 2. The molecule has 8 heteroatoms. The van der Waals surface area contributed by atoms with Gasteiger partial charge in [0.05, 0.1) is 30.3 Å². The van der Waals surface area contributed by atoms with Crippen molar-refractivity contribution in [2.75, 3.05) is 29.5 Å². The molecule has 0 saturated carbocycles. The summed E-state index contributed by atoms with van der Waals surface area (Å²) in [6.07, 6.45) is 1.04. The van der Waals surface area contributed by atoms with E-state index in [4.69, 9.17) is 4.74 Å². The molecule has 27 heavy (non-hydrogen) atoms. The van der Waals surface area contributed by atoms with Crippen LogP contribution >= 0.6 is 0 Å². The predicted octanol–water partition coefficient (Wildman–Crippen LogP) is 2.49. The lowest BCUT2D eigenvalue weighted by molar-refractivity contribution is -0.114. The summed E-state index contributed by atoms with van der Waals surface area (Å²) < 4.78 is 30.2. The molecule has 0 fully saturated rings. The van der Waals surface area contributed by atoms with Crippen LogP contribution in [0.5, 0.6) is 0 Å². The third-order valence-corrected chi connectivity index (χ3v) is 5.04. The van der Waals surface area contributed by atoms with Crippen LogP contribution in [0.15, 0.2) is 42.5 Å². The van der Waals surface area contributed by atoms with Crippen molar-refractivity contribution in [3.63, 3.8) is 0 Å². The molecular formula is C19H22N2O5S. The number of rotatable bonds is 6. The first-order valence-corrected chi connectivity index (χ1v) is 10.0. The number of para-hydroxylation sites is 1. The van der Waals surface area contributed by atoms with Crippen LogP contribution in [-0.2, 0) is 19.6 Å². The van der Waals surface area contributed by atoms with Crippen molar-refractivity contribution in [2.45, 2.75) is 13.8 Å². The minimum absolute atomic E-state index is 0.186. The summed E-state index contributed by atoms with van der Waals surface area (Å²) in [5.41, 5.74) is 2.60. The van der Waals surface area contributed by atoms with Crippen molar-refractivity contribution >= 4 is 33.3 Å². The summed E-state index contributed by atoms with van der Waals surface area (Å²) in [6.45, 7) is 3.27. The molecule has 0 radical (unpaired) electrons. The molecule has 2 rings (SSSR count). The van der Waals surface area contributed by atoms with Crippen LogP contribution in [0.3, 0.4) is 0 Å². The predicted molar refractivity (Wildman–Crippen MR) is 105 cm³/mol. The lowest BCUT2D eigenvalue weighted by Gasteiger charge is -2.24. The van der Waals surface area contributed by atoms with Crippen molar-refractivity contribution in [3.05, 3.63) is 59.2 Å². The number of amides is 1. The highest BCUT2D eigenvalue weighted by Crippen LogP contribution is 2.24. The molecular weight excluding hydrogens is 368 g/mol. The normalized spacial score (nSPS) is 11.0. The van der Waals surface area contributed by atoms with E-state index in [2.05, 4.69) is 5.32 Å². The van der Waals surface area contributed by atoms with Gasteiger partial charge in [0.25, 0.3) is 0 Å². The van der Waals surface area contributed by atoms with Gasteiger partial charge < -0.3 is 10.1 Å². The lowest BCUT2D eigenvalue weighted by Crippen LogP contribution is -2.38. The number of methoxy groups -OCH3 is 1. The molecule has 2 aromatic rings. The monoisotopic (exact) mass is 390 g/mol. The van der Waals surface area contributed by atoms with Crippen molar-refractivity contribution in [2.24, 2.45) is 0 Å². The van der Waals surface area contributed by atoms with Gasteiger partial charge in [-0.2, -0.15) is 0 Å². The van der Waals surface area contributed by atoms with Crippen LogP contribution in [0.4, 0.5) is 11.4 Å². The molecule has 0 spiro atoms. The topological polar surface area (TPSA) is 92.8 Å². The van der Waals surface area contributed by atoms with E-state index in [9.17, 15) is 18.0 Å². The Labute approximate surface area is 159 Å². The highest BCUT2D eigenvalue weighted by molar-refractivity contribution is 7.92. The van der Waals surface area contributed by atoms with Gasteiger partial charge in [0.2, 0.25) is 15.9 Å². The minimum atomic E-state index is -3.69. The molecule has 0 aliphatic rings. The highest BCUT2D eigenvalue weighted by Gasteiger charge is 2.23. The van der Waals surface area contributed by atoms with E-state index < -0.39 is 28.4 Å². The molecule has 0 bridgehead atoms. The molecule has 2 aromatic carbocycles. The number of hydrogen-bond donors (Lipinski definition) is 1. The van der Waals surface area contributed by atoms with Crippen LogP contribution in [-0.4, -0.2) is 40.2 Å². The van der Waals surface area contributed by atoms with Crippen LogP contribution in [0.2, 0.25) is 0 Å². The number of nitrogens with zero attached hydrogens (tertiary/aromatic N) is 1. The number of hydrogen-bond acceptors (Lipinski definition) is 5. The van der Waals surface area contributed by atoms with E-state index >= 15 is 0 Å². The lowest BCUT2D eigenvalue weighted by atomic mass is 10.1. The molecule has 0 aliphatic carbocycles. The second-order valence-corrected chi connectivity index (χ2v) is 8.05. The zero-order valence-corrected chi connectivity index (χ0v) is 16.5. The molecule has 0 unspecified atom stereocenters. The number of benzene rings is 2. The number of sulfonamides is 1. The van der Waals surface area contributed by atoms with Gasteiger partial charge in [0.15, 0.2) is 0 Å². The fourth-order valence-corrected chi connectivity index (χ4v) is 3.58. The maximum Gasteiger partial charge on any atom is 0.339 e. The SMILES string of the molecule is COC(=O)c1ccccc1NC(=O)CN(c1ccc(C)cc1C)S(C)(=O)=O. The second kappa shape index (κ2) is 8.22. The number of nitrogens with one attached hydrogen (secondary N) is 1. The van der Waals surface area contributed by atoms with E-state index in [-0.39, 0.29) is 11.3 Å².